The molecule has 0 aromatic carbocycles. The van der Waals surface area contributed by atoms with Crippen molar-refractivity contribution < 1.29 is 13.2 Å². The van der Waals surface area contributed by atoms with Crippen LogP contribution in [0.2, 0.25) is 0 Å². The lowest BCUT2D eigenvalue weighted by Gasteiger charge is -2.15. The number of sulfone groups is 1. The number of nitrogens with one attached hydrogen (secondary N) is 1. The smallest absolute Gasteiger partial charge is 0.192 e. The Morgan fingerprint density at radius 2 is 2.08 bits per heavy atom. The van der Waals surface area contributed by atoms with Gasteiger partial charge in [-0.25, -0.2) is 13.4 Å². The van der Waals surface area contributed by atoms with Crippen molar-refractivity contribution in [2.45, 2.75) is 17.6 Å². The first kappa shape index (κ1) is 16.5. The Balaban J connectivity index is 1.57. The van der Waals surface area contributed by atoms with Crippen molar-refractivity contribution in [1.82, 2.24) is 19.9 Å². The lowest BCUT2D eigenvalue weighted by molar-refractivity contribution is 0.268. The molecule has 7 nitrogen and oxygen atoms in total. The summed E-state index contributed by atoms with van der Waals surface area (Å²) in [6, 6.07) is 5.08. The highest BCUT2D eigenvalue weighted by molar-refractivity contribution is 7.90. The molecule has 0 aliphatic heterocycles. The highest BCUT2D eigenvalue weighted by Crippen LogP contribution is 2.17. The molecular formula is C18H16N4O3S. The topological polar surface area (TPSA) is 97.8 Å². The summed E-state index contributed by atoms with van der Waals surface area (Å²) in [5.41, 5.74) is 1.68. The number of fused-ring (bicyclic) bond motifs is 1. The summed E-state index contributed by atoms with van der Waals surface area (Å²) in [5, 5.41) is 2.09. The summed E-state index contributed by atoms with van der Waals surface area (Å²) in [6.45, 7) is 0. The molecule has 0 fully saturated rings. The van der Waals surface area contributed by atoms with Crippen LogP contribution in [0.4, 0.5) is 0 Å². The van der Waals surface area contributed by atoms with Gasteiger partial charge in [-0.2, -0.15) is 0 Å². The highest BCUT2D eigenvalue weighted by Gasteiger charge is 2.13. The van der Waals surface area contributed by atoms with E-state index in [1.54, 1.807) is 24.7 Å². The van der Waals surface area contributed by atoms with Crippen molar-refractivity contribution in [1.29, 1.82) is 0 Å². The second-order valence-corrected chi connectivity index (χ2v) is 7.97. The molecule has 1 aliphatic rings. The van der Waals surface area contributed by atoms with Gasteiger partial charge in [0.2, 0.25) is 0 Å². The maximum absolute atomic E-state index is 11.5. The molecule has 0 saturated carbocycles. The number of ether oxygens (including phenoxy) is 1. The summed E-state index contributed by atoms with van der Waals surface area (Å²) in [4.78, 5) is 15.7. The first-order valence-electron chi connectivity index (χ1n) is 7.99. The van der Waals surface area contributed by atoms with Crippen LogP contribution in [0.15, 0.2) is 48.0 Å². The van der Waals surface area contributed by atoms with Crippen molar-refractivity contribution in [2.75, 3.05) is 6.26 Å². The maximum Gasteiger partial charge on any atom is 0.192 e. The molecule has 0 spiro atoms. The summed E-state index contributed by atoms with van der Waals surface area (Å²) < 4.78 is 28.8. The van der Waals surface area contributed by atoms with Crippen molar-refractivity contribution in [3.05, 3.63) is 53.6 Å². The van der Waals surface area contributed by atoms with Crippen LogP contribution in [0.1, 0.15) is 6.42 Å². The molecule has 26 heavy (non-hydrogen) atoms. The Bertz CT molecular complexity index is 1150. The largest absolute Gasteiger partial charge is 0.484 e. The molecule has 8 heteroatoms. The molecule has 1 N–H and O–H groups in total. The summed E-state index contributed by atoms with van der Waals surface area (Å²) in [6.07, 6.45) is 12.2. The molecule has 3 aromatic rings. The fourth-order valence-electron chi connectivity index (χ4n) is 2.78. The minimum absolute atomic E-state index is 0.0329. The van der Waals surface area contributed by atoms with Crippen molar-refractivity contribution in [3.8, 4) is 17.1 Å². The molecular weight excluding hydrogens is 352 g/mol. The predicted octanol–water partition coefficient (Wildman–Crippen LogP) is 0.682. The van der Waals surface area contributed by atoms with E-state index in [1.165, 1.54) is 12.3 Å². The number of rotatable bonds is 4. The minimum atomic E-state index is -3.31. The van der Waals surface area contributed by atoms with E-state index in [2.05, 4.69) is 26.0 Å². The van der Waals surface area contributed by atoms with Gasteiger partial charge in [0.05, 0.1) is 18.1 Å². The molecule has 0 amide bonds. The first-order valence-corrected chi connectivity index (χ1v) is 9.88. The molecule has 3 aromatic heterocycles. The van der Waals surface area contributed by atoms with Crippen LogP contribution in [0.3, 0.4) is 0 Å². The summed E-state index contributed by atoms with van der Waals surface area (Å²) in [7, 11) is -3.31. The third-order valence-electron chi connectivity index (χ3n) is 4.02. The van der Waals surface area contributed by atoms with Gasteiger partial charge in [-0.05, 0) is 29.5 Å². The highest BCUT2D eigenvalue weighted by atomic mass is 32.2. The molecule has 0 saturated heterocycles. The van der Waals surface area contributed by atoms with E-state index in [9.17, 15) is 8.42 Å². The van der Waals surface area contributed by atoms with E-state index in [0.29, 0.717) is 12.2 Å². The molecule has 0 radical (unpaired) electrons. The van der Waals surface area contributed by atoms with Crippen molar-refractivity contribution in [3.63, 3.8) is 0 Å². The normalized spacial score (nSPS) is 16.3. The second kappa shape index (κ2) is 6.38. The van der Waals surface area contributed by atoms with Crippen molar-refractivity contribution in [2.24, 2.45) is 0 Å². The quantitative estimate of drug-likeness (QED) is 0.727. The number of nitrogens with zero attached hydrogens (tertiary/aromatic N) is 3. The number of H-pyrrole nitrogens is 1. The van der Waals surface area contributed by atoms with Crippen LogP contribution in [0.5, 0.6) is 5.75 Å². The third kappa shape index (κ3) is 3.36. The van der Waals surface area contributed by atoms with Gasteiger partial charge in [0.15, 0.2) is 14.9 Å². The minimum Gasteiger partial charge on any atom is -0.484 e. The van der Waals surface area contributed by atoms with Gasteiger partial charge in [0.25, 0.3) is 0 Å². The van der Waals surface area contributed by atoms with E-state index in [4.69, 9.17) is 4.74 Å². The number of aromatic nitrogens is 4. The zero-order chi connectivity index (χ0) is 18.1. The van der Waals surface area contributed by atoms with Crippen LogP contribution in [0.25, 0.3) is 23.5 Å². The average Bonchev–Trinajstić information content (AvgIpc) is 3.05. The first-order chi connectivity index (χ1) is 12.5. The number of pyridine rings is 1. The fraction of sp³-hybridized carbons (Fsp3) is 0.167. The van der Waals surface area contributed by atoms with Gasteiger partial charge < -0.3 is 9.72 Å². The second-order valence-electron chi connectivity index (χ2n) is 6.01. The van der Waals surface area contributed by atoms with Gasteiger partial charge in [0, 0.05) is 30.4 Å². The molecule has 1 aliphatic carbocycles. The van der Waals surface area contributed by atoms with Gasteiger partial charge in [-0.3, -0.25) is 9.97 Å². The number of hydrogen-bond donors (Lipinski definition) is 1. The summed E-state index contributed by atoms with van der Waals surface area (Å²) in [5.74, 6) is 0.528. The van der Waals surface area contributed by atoms with Crippen LogP contribution >= 0.6 is 0 Å². The van der Waals surface area contributed by atoms with Crippen molar-refractivity contribution >= 4 is 22.0 Å². The Morgan fingerprint density at radius 1 is 1.19 bits per heavy atom. The van der Waals surface area contributed by atoms with E-state index < -0.39 is 9.84 Å². The summed E-state index contributed by atoms with van der Waals surface area (Å²) >= 11 is 0. The molecule has 3 heterocycles. The molecule has 4 rings (SSSR count). The Morgan fingerprint density at radius 3 is 2.77 bits per heavy atom. The van der Waals surface area contributed by atoms with Crippen LogP contribution in [0, 0.1) is 0 Å². The van der Waals surface area contributed by atoms with Gasteiger partial charge in [-0.15, -0.1) is 0 Å². The monoisotopic (exact) mass is 368 g/mol. The standard InChI is InChI=1S/C18H16N4O3S/c1-26(23,24)18-5-3-14(10-21-18)25-13-2-4-15-12(8-13)9-16(22-15)17-11-19-6-7-20-17/h3-11,13,22H,2H2,1H3. The number of hydrogen-bond acceptors (Lipinski definition) is 6. The molecule has 0 bridgehead atoms. The van der Waals surface area contributed by atoms with E-state index in [-0.39, 0.29) is 11.1 Å². The Hall–Kier alpha value is -3.00. The van der Waals surface area contributed by atoms with Gasteiger partial charge in [-0.1, -0.05) is 6.08 Å². The van der Waals surface area contributed by atoms with E-state index in [0.717, 1.165) is 28.2 Å². The molecule has 1 atom stereocenters. The predicted molar refractivity (Wildman–Crippen MR) is 96.4 cm³/mol. The van der Waals surface area contributed by atoms with E-state index in [1.807, 2.05) is 12.1 Å². The fourth-order valence-corrected chi connectivity index (χ4v) is 3.34. The van der Waals surface area contributed by atoms with Crippen LogP contribution < -0.4 is 15.3 Å². The van der Waals surface area contributed by atoms with E-state index >= 15 is 0 Å². The third-order valence-corrected chi connectivity index (χ3v) is 5.02. The molecule has 1 unspecified atom stereocenters. The Kier molecular flexibility index (Phi) is 4.04. The maximum atomic E-state index is 11.5. The average molecular weight is 368 g/mol. The SMILES string of the molecule is CS(=O)(=O)c1ccc(OC2C=c3cc(-c4cnccn4)[nH]c3=CC2)cn1. The van der Waals surface area contributed by atoms with Gasteiger partial charge in [0.1, 0.15) is 17.5 Å². The molecule has 132 valence electrons. The lowest BCUT2D eigenvalue weighted by Crippen LogP contribution is -2.31. The van der Waals surface area contributed by atoms with Crippen LogP contribution in [-0.4, -0.2) is 40.7 Å². The van der Waals surface area contributed by atoms with Crippen LogP contribution in [-0.2, 0) is 9.84 Å². The zero-order valence-electron chi connectivity index (χ0n) is 14.0. The Labute approximate surface area is 150 Å². The zero-order valence-corrected chi connectivity index (χ0v) is 14.8. The van der Waals surface area contributed by atoms with Gasteiger partial charge >= 0.3 is 0 Å². The number of aromatic amines is 1. The lowest BCUT2D eigenvalue weighted by atomic mass is 10.1.